The monoisotopic (exact) mass is 384 g/mol. The van der Waals surface area contributed by atoms with Crippen LogP contribution in [0.15, 0.2) is 41.8 Å². The van der Waals surface area contributed by atoms with Gasteiger partial charge >= 0.3 is 0 Å². The van der Waals surface area contributed by atoms with Gasteiger partial charge in [0.15, 0.2) is 5.82 Å². The number of aromatic amines is 1. The van der Waals surface area contributed by atoms with Gasteiger partial charge in [0, 0.05) is 25.2 Å². The van der Waals surface area contributed by atoms with E-state index in [0.29, 0.717) is 0 Å². The Morgan fingerprint density at radius 2 is 2.15 bits per heavy atom. The Morgan fingerprint density at radius 3 is 2.89 bits per heavy atom. The molecule has 1 atom stereocenters. The number of aryl methyl sites for hydroxylation is 1. The molecule has 7 heteroatoms. The van der Waals surface area contributed by atoms with Crippen molar-refractivity contribution in [3.8, 4) is 11.3 Å². The number of hydrogen-bond donors (Lipinski definition) is 2. The van der Waals surface area contributed by atoms with Gasteiger partial charge in [0.25, 0.3) is 5.91 Å². The van der Waals surface area contributed by atoms with E-state index in [1.807, 2.05) is 24.4 Å². The average molecular weight is 384 g/mol. The molecule has 1 fully saturated rings. The lowest BCUT2D eigenvalue weighted by Crippen LogP contribution is -2.47. The minimum atomic E-state index is -0.255. The number of rotatable bonds is 4. The fourth-order valence-electron chi connectivity index (χ4n) is 3.41. The van der Waals surface area contributed by atoms with Crippen LogP contribution in [-0.2, 0) is 0 Å². The van der Waals surface area contributed by atoms with Gasteiger partial charge in [-0.05, 0) is 66.6 Å². The number of H-pyrrole nitrogens is 1. The number of carbonyl (C=O) groups is 1. The van der Waals surface area contributed by atoms with Gasteiger partial charge in [-0.3, -0.25) is 9.89 Å². The molecule has 2 aromatic heterocycles. The van der Waals surface area contributed by atoms with E-state index in [1.54, 1.807) is 12.1 Å². The zero-order valence-electron chi connectivity index (χ0n) is 15.0. The van der Waals surface area contributed by atoms with Gasteiger partial charge in [-0.25, -0.2) is 4.39 Å². The van der Waals surface area contributed by atoms with Crippen LogP contribution in [0.1, 0.15) is 28.1 Å². The van der Waals surface area contributed by atoms with Gasteiger partial charge in [0.2, 0.25) is 0 Å². The Bertz CT molecular complexity index is 934. The van der Waals surface area contributed by atoms with E-state index in [9.17, 15) is 9.18 Å². The topological polar surface area (TPSA) is 61.0 Å². The van der Waals surface area contributed by atoms with Crippen molar-refractivity contribution in [2.75, 3.05) is 18.0 Å². The summed E-state index contributed by atoms with van der Waals surface area (Å²) in [6.45, 7) is 3.58. The summed E-state index contributed by atoms with van der Waals surface area (Å²) < 4.78 is 13.1. The quantitative estimate of drug-likeness (QED) is 0.715. The van der Waals surface area contributed by atoms with Crippen molar-refractivity contribution in [1.82, 2.24) is 15.5 Å². The third kappa shape index (κ3) is 3.88. The first-order valence-electron chi connectivity index (χ1n) is 9.01. The molecule has 1 amide bonds. The smallest absolute Gasteiger partial charge is 0.261 e. The normalized spacial score (nSPS) is 17.1. The molecule has 0 aliphatic carbocycles. The van der Waals surface area contributed by atoms with Crippen LogP contribution in [0, 0.1) is 12.7 Å². The Balaban J connectivity index is 1.43. The van der Waals surface area contributed by atoms with Crippen LogP contribution in [0.4, 0.5) is 10.2 Å². The van der Waals surface area contributed by atoms with E-state index < -0.39 is 0 Å². The van der Waals surface area contributed by atoms with Crippen molar-refractivity contribution in [3.63, 3.8) is 0 Å². The van der Waals surface area contributed by atoms with Crippen LogP contribution in [-0.4, -0.2) is 35.2 Å². The number of nitrogens with zero attached hydrogens (tertiary/aromatic N) is 2. The van der Waals surface area contributed by atoms with E-state index in [2.05, 4.69) is 20.4 Å². The number of amides is 1. The highest BCUT2D eigenvalue weighted by Gasteiger charge is 2.24. The molecule has 1 saturated heterocycles. The van der Waals surface area contributed by atoms with Gasteiger partial charge in [0.05, 0.1) is 10.6 Å². The van der Waals surface area contributed by atoms with Crippen LogP contribution in [0.25, 0.3) is 11.3 Å². The predicted molar refractivity (Wildman–Crippen MR) is 106 cm³/mol. The summed E-state index contributed by atoms with van der Waals surface area (Å²) in [5.41, 5.74) is 2.76. The molecule has 0 spiro atoms. The highest BCUT2D eigenvalue weighted by molar-refractivity contribution is 7.12. The summed E-state index contributed by atoms with van der Waals surface area (Å²) in [5.74, 6) is 0.595. The number of nitrogens with one attached hydrogen (secondary N) is 2. The van der Waals surface area contributed by atoms with Gasteiger partial charge in [-0.2, -0.15) is 5.10 Å². The third-order valence-electron chi connectivity index (χ3n) is 4.87. The second-order valence-electron chi connectivity index (χ2n) is 6.84. The molecule has 0 saturated carbocycles. The molecule has 5 nitrogen and oxygen atoms in total. The Hall–Kier alpha value is -2.67. The zero-order valence-corrected chi connectivity index (χ0v) is 15.9. The van der Waals surface area contributed by atoms with Crippen molar-refractivity contribution in [3.05, 3.63) is 58.0 Å². The number of halogens is 1. The molecule has 1 aliphatic rings. The second kappa shape index (κ2) is 7.52. The number of hydrogen-bond acceptors (Lipinski definition) is 4. The Morgan fingerprint density at radius 1 is 1.33 bits per heavy atom. The van der Waals surface area contributed by atoms with E-state index in [4.69, 9.17) is 0 Å². The van der Waals surface area contributed by atoms with E-state index in [1.165, 1.54) is 23.5 Å². The van der Waals surface area contributed by atoms with Crippen molar-refractivity contribution in [1.29, 1.82) is 0 Å². The van der Waals surface area contributed by atoms with Gasteiger partial charge in [-0.1, -0.05) is 0 Å². The summed E-state index contributed by atoms with van der Waals surface area (Å²) >= 11 is 1.48. The summed E-state index contributed by atoms with van der Waals surface area (Å²) in [4.78, 5) is 15.4. The van der Waals surface area contributed by atoms with Crippen LogP contribution >= 0.6 is 11.3 Å². The molecule has 3 heterocycles. The molecule has 3 aromatic rings. The molecule has 1 aromatic carbocycles. The van der Waals surface area contributed by atoms with E-state index in [0.717, 1.165) is 53.4 Å². The van der Waals surface area contributed by atoms with Crippen LogP contribution < -0.4 is 10.2 Å². The number of thiophene rings is 1. The molecule has 1 unspecified atom stereocenters. The zero-order chi connectivity index (χ0) is 18.8. The van der Waals surface area contributed by atoms with Gasteiger partial charge in [-0.15, -0.1) is 11.3 Å². The minimum absolute atomic E-state index is 0.00313. The maximum atomic E-state index is 13.1. The first-order valence-corrected chi connectivity index (χ1v) is 9.89. The number of carbonyl (C=O) groups excluding carboxylic acids is 1. The van der Waals surface area contributed by atoms with Crippen molar-refractivity contribution >= 4 is 23.1 Å². The fraction of sp³-hybridized carbons (Fsp3) is 0.300. The van der Waals surface area contributed by atoms with Crippen LogP contribution in [0.3, 0.4) is 0 Å². The van der Waals surface area contributed by atoms with Crippen molar-refractivity contribution in [2.24, 2.45) is 0 Å². The summed E-state index contributed by atoms with van der Waals surface area (Å²) in [5, 5.41) is 12.5. The Kier molecular flexibility index (Phi) is 4.94. The fourth-order valence-corrected chi connectivity index (χ4v) is 4.24. The SMILES string of the molecule is Cc1ccsc1C(=O)NC1CCCN(c2cc(-c3ccc(F)cc3)[nH]n2)C1. The molecule has 2 N–H and O–H groups in total. The number of benzene rings is 1. The average Bonchev–Trinajstić information content (AvgIpc) is 3.32. The molecular formula is C20H21FN4OS. The number of anilines is 1. The van der Waals surface area contributed by atoms with Gasteiger partial charge in [0.1, 0.15) is 5.82 Å². The standard InChI is InChI=1S/C20H21FN4OS/c1-13-8-10-27-19(13)20(26)22-16-3-2-9-25(12-16)18-11-17(23-24-18)14-4-6-15(21)7-5-14/h4-8,10-11,16H,2-3,9,12H2,1H3,(H,22,26)(H,23,24). The Labute approximate surface area is 161 Å². The summed E-state index contributed by atoms with van der Waals surface area (Å²) in [6, 6.07) is 10.4. The van der Waals surface area contributed by atoms with Crippen molar-refractivity contribution in [2.45, 2.75) is 25.8 Å². The third-order valence-corrected chi connectivity index (χ3v) is 5.88. The molecule has 0 radical (unpaired) electrons. The van der Waals surface area contributed by atoms with E-state index >= 15 is 0 Å². The summed E-state index contributed by atoms with van der Waals surface area (Å²) in [6.07, 6.45) is 1.95. The molecule has 4 rings (SSSR count). The lowest BCUT2D eigenvalue weighted by molar-refractivity contribution is 0.0936. The maximum absolute atomic E-state index is 13.1. The highest BCUT2D eigenvalue weighted by Crippen LogP contribution is 2.25. The highest BCUT2D eigenvalue weighted by atomic mass is 32.1. The maximum Gasteiger partial charge on any atom is 0.261 e. The second-order valence-corrected chi connectivity index (χ2v) is 7.75. The lowest BCUT2D eigenvalue weighted by atomic mass is 10.1. The largest absolute Gasteiger partial charge is 0.353 e. The summed E-state index contributed by atoms with van der Waals surface area (Å²) in [7, 11) is 0. The van der Waals surface area contributed by atoms with Crippen LogP contribution in [0.2, 0.25) is 0 Å². The number of piperidine rings is 1. The predicted octanol–water partition coefficient (Wildman–Crippen LogP) is 3.98. The van der Waals surface area contributed by atoms with E-state index in [-0.39, 0.29) is 17.8 Å². The first kappa shape index (κ1) is 17.7. The molecule has 0 bridgehead atoms. The van der Waals surface area contributed by atoms with Gasteiger partial charge < -0.3 is 10.2 Å². The molecule has 27 heavy (non-hydrogen) atoms. The molecular weight excluding hydrogens is 363 g/mol. The minimum Gasteiger partial charge on any atom is -0.353 e. The number of aromatic nitrogens is 2. The van der Waals surface area contributed by atoms with Crippen LogP contribution in [0.5, 0.6) is 0 Å². The first-order chi connectivity index (χ1) is 13.1. The lowest BCUT2D eigenvalue weighted by Gasteiger charge is -2.33. The van der Waals surface area contributed by atoms with Crippen molar-refractivity contribution < 1.29 is 9.18 Å². The molecule has 1 aliphatic heterocycles. The molecule has 140 valence electrons.